The van der Waals surface area contributed by atoms with Crippen molar-refractivity contribution in [2.75, 3.05) is 0 Å². The average molecular weight is 525 g/mol. The largest absolute Gasteiger partial charge is 0.352 e. The summed E-state index contributed by atoms with van der Waals surface area (Å²) in [5.74, 6) is -1.65. The Morgan fingerprint density at radius 2 is 1.59 bits per heavy atom. The Balaban J connectivity index is 1.68. The third kappa shape index (κ3) is 7.39. The van der Waals surface area contributed by atoms with Gasteiger partial charge in [0.2, 0.25) is 11.8 Å². The molecule has 0 aliphatic heterocycles. The molecule has 1 saturated carbocycles. The average Bonchev–Trinajstić information content (AvgIpc) is 2.90. The summed E-state index contributed by atoms with van der Waals surface area (Å²) in [6.07, 6.45) is 5.06. The highest BCUT2D eigenvalue weighted by molar-refractivity contribution is 6.31. The Morgan fingerprint density at radius 1 is 0.892 bits per heavy atom. The molecule has 1 N–H and O–H groups in total. The number of carbonyl (C=O) groups excluding carboxylic acids is 2. The van der Waals surface area contributed by atoms with E-state index < -0.39 is 23.6 Å². The Labute approximate surface area is 221 Å². The molecule has 3 aromatic rings. The molecule has 1 unspecified atom stereocenters. The lowest BCUT2D eigenvalue weighted by Gasteiger charge is -2.33. The fraction of sp³-hybridized carbons (Fsp3) is 0.333. The molecule has 0 radical (unpaired) electrons. The van der Waals surface area contributed by atoms with Crippen LogP contribution in [0.4, 0.5) is 8.78 Å². The second kappa shape index (κ2) is 12.8. The molecule has 1 aliphatic rings. The molecule has 1 atom stereocenters. The number of benzene rings is 3. The predicted molar refractivity (Wildman–Crippen MR) is 141 cm³/mol. The second-order valence-electron chi connectivity index (χ2n) is 9.57. The molecule has 0 heterocycles. The van der Waals surface area contributed by atoms with Crippen molar-refractivity contribution in [1.82, 2.24) is 10.2 Å². The number of nitrogens with one attached hydrogen (secondary N) is 1. The van der Waals surface area contributed by atoms with Gasteiger partial charge in [0.15, 0.2) is 0 Å². The zero-order valence-electron chi connectivity index (χ0n) is 20.6. The van der Waals surface area contributed by atoms with Crippen LogP contribution >= 0.6 is 11.6 Å². The Hall–Kier alpha value is -3.25. The van der Waals surface area contributed by atoms with E-state index in [0.717, 1.165) is 37.7 Å². The third-order valence-electron chi connectivity index (χ3n) is 6.88. The van der Waals surface area contributed by atoms with Crippen LogP contribution in [-0.4, -0.2) is 28.8 Å². The van der Waals surface area contributed by atoms with E-state index in [9.17, 15) is 18.4 Å². The lowest BCUT2D eigenvalue weighted by molar-refractivity contribution is -0.141. The van der Waals surface area contributed by atoms with E-state index in [0.29, 0.717) is 5.56 Å². The Kier molecular flexibility index (Phi) is 9.29. The number of rotatable bonds is 9. The predicted octanol–water partition coefficient (Wildman–Crippen LogP) is 6.25. The number of hydrogen-bond acceptors (Lipinski definition) is 2. The minimum Gasteiger partial charge on any atom is -0.352 e. The lowest BCUT2D eigenvalue weighted by Crippen LogP contribution is -2.53. The van der Waals surface area contributed by atoms with Crippen molar-refractivity contribution in [3.63, 3.8) is 0 Å². The molecule has 4 nitrogen and oxygen atoms in total. The van der Waals surface area contributed by atoms with Gasteiger partial charge in [-0.15, -0.1) is 0 Å². The van der Waals surface area contributed by atoms with Crippen LogP contribution in [0.3, 0.4) is 0 Å². The first-order chi connectivity index (χ1) is 17.9. The van der Waals surface area contributed by atoms with Gasteiger partial charge >= 0.3 is 0 Å². The quantitative estimate of drug-likeness (QED) is 0.360. The standard InChI is InChI=1S/C30H31ClF2N2O2/c31-26-12-7-13-27(33)25(26)19-29(36)35(20-22-14-16-23(32)17-15-22)28(18-21-8-3-1-4-9-21)30(37)34-24-10-5-2-6-11-24/h1,3-4,7-9,12-17,24,28H,2,5-6,10-11,18-20H2,(H,34,37). The zero-order valence-corrected chi connectivity index (χ0v) is 21.4. The van der Waals surface area contributed by atoms with Gasteiger partial charge in [0.25, 0.3) is 0 Å². The maximum atomic E-state index is 14.6. The van der Waals surface area contributed by atoms with Crippen LogP contribution in [0.2, 0.25) is 5.02 Å². The minimum absolute atomic E-state index is 0.0586. The van der Waals surface area contributed by atoms with Crippen molar-refractivity contribution in [1.29, 1.82) is 0 Å². The van der Waals surface area contributed by atoms with Crippen molar-refractivity contribution in [2.24, 2.45) is 0 Å². The number of amides is 2. The van der Waals surface area contributed by atoms with Crippen LogP contribution in [0, 0.1) is 11.6 Å². The van der Waals surface area contributed by atoms with Gasteiger partial charge in [-0.1, -0.05) is 79.4 Å². The van der Waals surface area contributed by atoms with Crippen LogP contribution in [0.15, 0.2) is 72.8 Å². The highest BCUT2D eigenvalue weighted by Crippen LogP contribution is 2.23. The smallest absolute Gasteiger partial charge is 0.243 e. The summed E-state index contributed by atoms with van der Waals surface area (Å²) in [6.45, 7) is 0.0702. The van der Waals surface area contributed by atoms with Crippen molar-refractivity contribution >= 4 is 23.4 Å². The van der Waals surface area contributed by atoms with E-state index in [4.69, 9.17) is 11.6 Å². The van der Waals surface area contributed by atoms with Crippen LogP contribution in [0.1, 0.15) is 48.8 Å². The van der Waals surface area contributed by atoms with Gasteiger partial charge in [-0.3, -0.25) is 9.59 Å². The van der Waals surface area contributed by atoms with E-state index in [1.807, 2.05) is 30.3 Å². The SMILES string of the molecule is O=C(NC1CCCCC1)C(Cc1ccccc1)N(Cc1ccc(F)cc1)C(=O)Cc1c(F)cccc1Cl. The summed E-state index contributed by atoms with van der Waals surface area (Å²) in [5, 5.41) is 3.32. The van der Waals surface area contributed by atoms with E-state index in [-0.39, 0.29) is 41.9 Å². The topological polar surface area (TPSA) is 49.4 Å². The summed E-state index contributed by atoms with van der Waals surface area (Å²) in [4.78, 5) is 29.0. The molecule has 194 valence electrons. The molecule has 4 rings (SSSR count). The van der Waals surface area contributed by atoms with Crippen LogP contribution in [0.5, 0.6) is 0 Å². The molecule has 0 spiro atoms. The molecule has 1 aliphatic carbocycles. The summed E-state index contributed by atoms with van der Waals surface area (Å²) >= 11 is 6.22. The fourth-order valence-electron chi connectivity index (χ4n) is 4.84. The summed E-state index contributed by atoms with van der Waals surface area (Å²) in [6, 6.07) is 18.8. The molecule has 37 heavy (non-hydrogen) atoms. The zero-order chi connectivity index (χ0) is 26.2. The second-order valence-corrected chi connectivity index (χ2v) is 9.98. The normalized spacial score (nSPS) is 14.7. The number of nitrogens with zero attached hydrogens (tertiary/aromatic N) is 1. The first-order valence-electron chi connectivity index (χ1n) is 12.7. The van der Waals surface area contributed by atoms with E-state index >= 15 is 0 Å². The summed E-state index contributed by atoms with van der Waals surface area (Å²) in [7, 11) is 0. The molecule has 0 aromatic heterocycles. The lowest BCUT2D eigenvalue weighted by atomic mass is 9.94. The van der Waals surface area contributed by atoms with E-state index in [1.165, 1.54) is 35.2 Å². The highest BCUT2D eigenvalue weighted by Gasteiger charge is 2.32. The van der Waals surface area contributed by atoms with Crippen LogP contribution < -0.4 is 5.32 Å². The van der Waals surface area contributed by atoms with Crippen LogP contribution in [-0.2, 0) is 29.0 Å². The molecular formula is C30H31ClF2N2O2. The Morgan fingerprint density at radius 3 is 2.27 bits per heavy atom. The van der Waals surface area contributed by atoms with Gasteiger partial charge in [-0.05, 0) is 48.2 Å². The van der Waals surface area contributed by atoms with Crippen LogP contribution in [0.25, 0.3) is 0 Å². The van der Waals surface area contributed by atoms with Gasteiger partial charge in [0.05, 0.1) is 6.42 Å². The first-order valence-corrected chi connectivity index (χ1v) is 13.1. The molecule has 7 heteroatoms. The first kappa shape index (κ1) is 26.8. The van der Waals surface area contributed by atoms with E-state index in [2.05, 4.69) is 5.32 Å². The minimum atomic E-state index is -0.840. The number of hydrogen-bond donors (Lipinski definition) is 1. The highest BCUT2D eigenvalue weighted by atomic mass is 35.5. The molecule has 0 saturated heterocycles. The third-order valence-corrected chi connectivity index (χ3v) is 7.23. The van der Waals surface area contributed by atoms with Gasteiger partial charge in [0, 0.05) is 29.6 Å². The summed E-state index contributed by atoms with van der Waals surface area (Å²) in [5.41, 5.74) is 1.65. The van der Waals surface area contributed by atoms with Gasteiger partial charge in [-0.25, -0.2) is 8.78 Å². The maximum Gasteiger partial charge on any atom is 0.243 e. The van der Waals surface area contributed by atoms with Crippen molar-refractivity contribution in [3.8, 4) is 0 Å². The molecule has 1 fully saturated rings. The molecule has 3 aromatic carbocycles. The maximum absolute atomic E-state index is 14.6. The number of carbonyl (C=O) groups is 2. The van der Waals surface area contributed by atoms with Crippen molar-refractivity contribution in [3.05, 3.63) is 106 Å². The Bertz CT molecular complexity index is 1180. The van der Waals surface area contributed by atoms with Gasteiger partial charge < -0.3 is 10.2 Å². The van der Waals surface area contributed by atoms with Gasteiger partial charge in [-0.2, -0.15) is 0 Å². The fourth-order valence-corrected chi connectivity index (χ4v) is 5.07. The molecule has 2 amide bonds. The van der Waals surface area contributed by atoms with Crippen molar-refractivity contribution in [2.45, 2.75) is 63.6 Å². The summed E-state index contributed by atoms with van der Waals surface area (Å²) < 4.78 is 28.2. The van der Waals surface area contributed by atoms with Crippen molar-refractivity contribution < 1.29 is 18.4 Å². The molecule has 0 bridgehead atoms. The van der Waals surface area contributed by atoms with Gasteiger partial charge in [0.1, 0.15) is 17.7 Å². The van der Waals surface area contributed by atoms with E-state index in [1.54, 1.807) is 12.1 Å². The monoisotopic (exact) mass is 524 g/mol. The number of halogens is 3. The molecular weight excluding hydrogens is 494 g/mol.